The standard InChI is InChI=1S/C9H11ClF3N3O/c1-4-5(2)16-8(7(10)15-4)14-3-6(17)9(11,12)13/h6,17H,3H2,1-2H3,(H,14,16). The van der Waals surface area contributed by atoms with Crippen LogP contribution >= 0.6 is 11.6 Å². The highest BCUT2D eigenvalue weighted by Crippen LogP contribution is 2.22. The number of anilines is 1. The quantitative estimate of drug-likeness (QED) is 0.882. The third-order valence-corrected chi connectivity index (χ3v) is 2.37. The summed E-state index contributed by atoms with van der Waals surface area (Å²) in [5.74, 6) is 0.0260. The summed E-state index contributed by atoms with van der Waals surface area (Å²) in [7, 11) is 0. The van der Waals surface area contributed by atoms with E-state index < -0.39 is 18.8 Å². The summed E-state index contributed by atoms with van der Waals surface area (Å²) in [5.41, 5.74) is 1.15. The molecule has 0 saturated carbocycles. The highest BCUT2D eigenvalue weighted by atomic mass is 35.5. The zero-order valence-electron chi connectivity index (χ0n) is 9.14. The summed E-state index contributed by atoms with van der Waals surface area (Å²) >= 11 is 5.70. The number of hydrogen-bond acceptors (Lipinski definition) is 4. The van der Waals surface area contributed by atoms with Gasteiger partial charge < -0.3 is 10.4 Å². The van der Waals surface area contributed by atoms with Crippen molar-refractivity contribution in [1.82, 2.24) is 9.97 Å². The van der Waals surface area contributed by atoms with Gasteiger partial charge in [0, 0.05) is 0 Å². The maximum atomic E-state index is 12.0. The SMILES string of the molecule is Cc1nc(Cl)c(NCC(O)C(F)(F)F)nc1C. The zero-order chi connectivity index (χ0) is 13.2. The number of rotatable bonds is 3. The molecular weight excluding hydrogens is 259 g/mol. The monoisotopic (exact) mass is 269 g/mol. The van der Waals surface area contributed by atoms with Crippen LogP contribution in [0.3, 0.4) is 0 Å². The number of aryl methyl sites for hydroxylation is 2. The first-order valence-corrected chi connectivity index (χ1v) is 5.09. The van der Waals surface area contributed by atoms with Gasteiger partial charge in [0.15, 0.2) is 17.1 Å². The maximum absolute atomic E-state index is 12.0. The molecule has 0 aromatic carbocycles. The van der Waals surface area contributed by atoms with Crippen LogP contribution in [0.25, 0.3) is 0 Å². The van der Waals surface area contributed by atoms with Crippen LogP contribution in [0.5, 0.6) is 0 Å². The highest BCUT2D eigenvalue weighted by molar-refractivity contribution is 6.31. The molecule has 0 amide bonds. The van der Waals surface area contributed by atoms with Crippen LogP contribution in [0, 0.1) is 13.8 Å². The number of nitrogens with zero attached hydrogens (tertiary/aromatic N) is 2. The van der Waals surface area contributed by atoms with Crippen LogP contribution in [0.15, 0.2) is 0 Å². The summed E-state index contributed by atoms with van der Waals surface area (Å²) in [4.78, 5) is 7.83. The first-order valence-electron chi connectivity index (χ1n) is 4.71. The summed E-state index contributed by atoms with van der Waals surface area (Å²) < 4.78 is 36.1. The van der Waals surface area contributed by atoms with Crippen LogP contribution in [-0.2, 0) is 0 Å². The van der Waals surface area contributed by atoms with Crippen molar-refractivity contribution >= 4 is 17.4 Å². The highest BCUT2D eigenvalue weighted by Gasteiger charge is 2.38. The van der Waals surface area contributed by atoms with Gasteiger partial charge in [-0.2, -0.15) is 13.2 Å². The Bertz CT molecular complexity index is 411. The second-order valence-electron chi connectivity index (χ2n) is 3.47. The summed E-state index contributed by atoms with van der Waals surface area (Å²) in [5, 5.41) is 11.1. The summed E-state index contributed by atoms with van der Waals surface area (Å²) in [6.45, 7) is 2.62. The second-order valence-corrected chi connectivity index (χ2v) is 3.83. The molecule has 0 fully saturated rings. The second kappa shape index (κ2) is 5.05. The van der Waals surface area contributed by atoms with E-state index in [0.29, 0.717) is 11.4 Å². The fraction of sp³-hybridized carbons (Fsp3) is 0.556. The van der Waals surface area contributed by atoms with Gasteiger partial charge in [0.2, 0.25) is 0 Å². The average Bonchev–Trinajstić information content (AvgIpc) is 2.19. The Kier molecular flexibility index (Phi) is 4.16. The fourth-order valence-electron chi connectivity index (χ4n) is 0.997. The number of alkyl halides is 3. The van der Waals surface area contributed by atoms with Gasteiger partial charge in [-0.25, -0.2) is 9.97 Å². The van der Waals surface area contributed by atoms with Crippen molar-refractivity contribution in [3.8, 4) is 0 Å². The van der Waals surface area contributed by atoms with Crippen molar-refractivity contribution in [2.45, 2.75) is 26.1 Å². The Hall–Kier alpha value is -1.08. The summed E-state index contributed by atoms with van der Waals surface area (Å²) in [6, 6.07) is 0. The van der Waals surface area contributed by atoms with E-state index in [2.05, 4.69) is 15.3 Å². The molecule has 0 aliphatic carbocycles. The van der Waals surface area contributed by atoms with Crippen LogP contribution in [0.1, 0.15) is 11.4 Å². The Morgan fingerprint density at radius 2 is 1.82 bits per heavy atom. The Labute approximate surface area is 101 Å². The van der Waals surface area contributed by atoms with Crippen molar-refractivity contribution in [2.75, 3.05) is 11.9 Å². The molecule has 0 aliphatic rings. The molecule has 0 saturated heterocycles. The average molecular weight is 270 g/mol. The number of halogens is 4. The molecule has 8 heteroatoms. The van der Waals surface area contributed by atoms with Crippen LogP contribution in [0.2, 0.25) is 5.15 Å². The Morgan fingerprint density at radius 3 is 2.35 bits per heavy atom. The van der Waals surface area contributed by atoms with Gasteiger partial charge in [0.25, 0.3) is 0 Å². The summed E-state index contributed by atoms with van der Waals surface area (Å²) in [6.07, 6.45) is -7.14. The minimum atomic E-state index is -4.67. The van der Waals surface area contributed by atoms with Gasteiger partial charge in [-0.1, -0.05) is 11.6 Å². The van der Waals surface area contributed by atoms with E-state index >= 15 is 0 Å². The van der Waals surface area contributed by atoms with E-state index in [1.165, 1.54) is 0 Å². The van der Waals surface area contributed by atoms with Crippen LogP contribution in [-0.4, -0.2) is 33.9 Å². The van der Waals surface area contributed by atoms with Crippen molar-refractivity contribution in [3.05, 3.63) is 16.5 Å². The normalized spacial score (nSPS) is 13.6. The molecule has 0 radical (unpaired) electrons. The number of aromatic nitrogens is 2. The zero-order valence-corrected chi connectivity index (χ0v) is 9.89. The van der Waals surface area contributed by atoms with E-state index in [1.54, 1.807) is 13.8 Å². The third-order valence-electron chi connectivity index (χ3n) is 2.11. The number of hydrogen-bond donors (Lipinski definition) is 2. The van der Waals surface area contributed by atoms with E-state index in [0.717, 1.165) is 0 Å². The molecule has 1 atom stereocenters. The van der Waals surface area contributed by atoms with Crippen molar-refractivity contribution in [2.24, 2.45) is 0 Å². The predicted octanol–water partition coefficient (Wildman–Crippen LogP) is 2.08. The largest absolute Gasteiger partial charge is 0.416 e. The molecule has 2 N–H and O–H groups in total. The van der Waals surface area contributed by atoms with Crippen LogP contribution < -0.4 is 5.32 Å². The van der Waals surface area contributed by atoms with Crippen LogP contribution in [0.4, 0.5) is 19.0 Å². The molecular formula is C9H11ClF3N3O. The van der Waals surface area contributed by atoms with E-state index in [9.17, 15) is 13.2 Å². The maximum Gasteiger partial charge on any atom is 0.416 e. The van der Waals surface area contributed by atoms with Gasteiger partial charge in [-0.3, -0.25) is 0 Å². The molecule has 1 aromatic rings. The lowest BCUT2D eigenvalue weighted by atomic mass is 10.3. The van der Waals surface area contributed by atoms with Crippen molar-refractivity contribution in [1.29, 1.82) is 0 Å². The Balaban J connectivity index is 2.73. The topological polar surface area (TPSA) is 58.0 Å². The molecule has 1 aromatic heterocycles. The minimum Gasteiger partial charge on any atom is -0.382 e. The Morgan fingerprint density at radius 1 is 1.29 bits per heavy atom. The lowest BCUT2D eigenvalue weighted by Gasteiger charge is -2.16. The first-order chi connectivity index (χ1) is 7.71. The van der Waals surface area contributed by atoms with Gasteiger partial charge >= 0.3 is 6.18 Å². The third kappa shape index (κ3) is 3.71. The van der Waals surface area contributed by atoms with E-state index in [-0.39, 0.29) is 11.0 Å². The van der Waals surface area contributed by atoms with Gasteiger partial charge in [0.1, 0.15) is 0 Å². The molecule has 1 unspecified atom stereocenters. The fourth-order valence-corrected chi connectivity index (χ4v) is 1.23. The molecule has 17 heavy (non-hydrogen) atoms. The molecule has 0 bridgehead atoms. The number of aliphatic hydroxyl groups excluding tert-OH is 1. The number of aliphatic hydroxyl groups is 1. The van der Waals surface area contributed by atoms with E-state index in [1.807, 2.05) is 0 Å². The molecule has 1 rings (SSSR count). The van der Waals surface area contributed by atoms with E-state index in [4.69, 9.17) is 16.7 Å². The molecule has 1 heterocycles. The predicted molar refractivity (Wildman–Crippen MR) is 57.1 cm³/mol. The van der Waals surface area contributed by atoms with Crippen molar-refractivity contribution < 1.29 is 18.3 Å². The van der Waals surface area contributed by atoms with Gasteiger partial charge in [0.05, 0.1) is 17.9 Å². The van der Waals surface area contributed by atoms with Gasteiger partial charge in [-0.15, -0.1) is 0 Å². The number of nitrogens with one attached hydrogen (secondary N) is 1. The smallest absolute Gasteiger partial charge is 0.382 e. The molecule has 4 nitrogen and oxygen atoms in total. The molecule has 96 valence electrons. The lowest BCUT2D eigenvalue weighted by Crippen LogP contribution is -2.35. The molecule has 0 aliphatic heterocycles. The lowest BCUT2D eigenvalue weighted by molar-refractivity contribution is -0.198. The first kappa shape index (κ1) is 14.0. The van der Waals surface area contributed by atoms with Gasteiger partial charge in [-0.05, 0) is 13.8 Å². The van der Waals surface area contributed by atoms with Crippen molar-refractivity contribution in [3.63, 3.8) is 0 Å². The minimum absolute atomic E-state index is 0.0255. The molecule has 0 spiro atoms.